The van der Waals surface area contributed by atoms with Crippen molar-refractivity contribution in [2.24, 2.45) is 0 Å². The standard InChI is InChI=1S/C19H26O15/c20-3-8-11(23)13(25)15(27)18(33-8)31-6-1-5(17(29)30)2-7(10(6)22)32-19-16(28)14(26)12(24)9(4-21)34-19/h1-2,8-9,11-16,18-28H,3-4H2,(H,29,30)/t8-,9-,11+,12+,13+,14+,15-,16-,18?,19?/m1/s1. The average molecular weight is 494 g/mol. The highest BCUT2D eigenvalue weighted by Gasteiger charge is 2.46. The number of phenolic OH excluding ortho intramolecular Hbond substituents is 1. The van der Waals surface area contributed by atoms with Gasteiger partial charge < -0.3 is 70.0 Å². The second-order valence-electron chi connectivity index (χ2n) is 7.76. The number of aliphatic hydroxyl groups excluding tert-OH is 8. The Morgan fingerprint density at radius 1 is 0.735 bits per heavy atom. The molecule has 0 saturated carbocycles. The van der Waals surface area contributed by atoms with Gasteiger partial charge in [0.2, 0.25) is 18.3 Å². The molecule has 2 heterocycles. The van der Waals surface area contributed by atoms with Gasteiger partial charge in [0.15, 0.2) is 11.5 Å². The molecule has 34 heavy (non-hydrogen) atoms. The van der Waals surface area contributed by atoms with Crippen molar-refractivity contribution < 1.29 is 74.8 Å². The van der Waals surface area contributed by atoms with Crippen molar-refractivity contribution in [2.45, 2.75) is 61.4 Å². The van der Waals surface area contributed by atoms with E-state index in [9.17, 15) is 55.9 Å². The Labute approximate surface area is 191 Å². The highest BCUT2D eigenvalue weighted by atomic mass is 16.7. The number of ether oxygens (including phenoxy) is 4. The minimum absolute atomic E-state index is 0.517. The summed E-state index contributed by atoms with van der Waals surface area (Å²) in [6, 6.07) is 1.64. The number of carbonyl (C=O) groups is 1. The summed E-state index contributed by atoms with van der Waals surface area (Å²) in [5, 5.41) is 98.3. The van der Waals surface area contributed by atoms with Crippen molar-refractivity contribution >= 4 is 5.97 Å². The molecule has 0 amide bonds. The molecular weight excluding hydrogens is 468 g/mol. The quantitative estimate of drug-likeness (QED) is 0.171. The van der Waals surface area contributed by atoms with Crippen molar-refractivity contribution in [1.29, 1.82) is 0 Å². The Balaban J connectivity index is 1.90. The number of aromatic hydroxyl groups is 1. The van der Waals surface area contributed by atoms with Crippen LogP contribution in [0.1, 0.15) is 10.4 Å². The van der Waals surface area contributed by atoms with E-state index < -0.39 is 103 Å². The zero-order valence-electron chi connectivity index (χ0n) is 17.4. The van der Waals surface area contributed by atoms with Gasteiger partial charge >= 0.3 is 5.97 Å². The zero-order valence-corrected chi connectivity index (χ0v) is 17.4. The summed E-state index contributed by atoms with van der Waals surface area (Å²) in [4.78, 5) is 11.6. The van der Waals surface area contributed by atoms with Crippen LogP contribution in [0.5, 0.6) is 17.2 Å². The zero-order chi connectivity index (χ0) is 25.3. The van der Waals surface area contributed by atoms with Crippen LogP contribution in [0, 0.1) is 0 Å². The van der Waals surface area contributed by atoms with Crippen LogP contribution in [-0.4, -0.2) is 132 Å². The summed E-state index contributed by atoms with van der Waals surface area (Å²) in [7, 11) is 0. The van der Waals surface area contributed by atoms with E-state index in [4.69, 9.17) is 18.9 Å². The number of phenols is 1. The molecule has 2 unspecified atom stereocenters. The highest BCUT2D eigenvalue weighted by Crippen LogP contribution is 2.40. The van der Waals surface area contributed by atoms with E-state index >= 15 is 0 Å². The smallest absolute Gasteiger partial charge is 0.335 e. The maximum absolute atomic E-state index is 11.6. The number of carboxylic acid groups (broad SMARTS) is 1. The third kappa shape index (κ3) is 5.03. The predicted molar refractivity (Wildman–Crippen MR) is 104 cm³/mol. The van der Waals surface area contributed by atoms with E-state index in [1.165, 1.54) is 0 Å². The van der Waals surface area contributed by atoms with Crippen LogP contribution in [0.25, 0.3) is 0 Å². The van der Waals surface area contributed by atoms with E-state index in [2.05, 4.69) is 0 Å². The fourth-order valence-electron chi connectivity index (χ4n) is 3.47. The maximum atomic E-state index is 11.6. The molecule has 192 valence electrons. The SMILES string of the molecule is O=C(O)c1cc(OC2O[C@H](CO)[C@H](O)[C@H](O)[C@H]2O)c(O)c(OC2O[C@H](CO)[C@H](O)[C@H](O)[C@H]2O)c1. The van der Waals surface area contributed by atoms with Crippen molar-refractivity contribution in [2.75, 3.05) is 13.2 Å². The lowest BCUT2D eigenvalue weighted by molar-refractivity contribution is -0.279. The number of benzene rings is 1. The Bertz CT molecular complexity index is 801. The Kier molecular flexibility index (Phi) is 8.14. The van der Waals surface area contributed by atoms with Gasteiger partial charge in [-0.05, 0) is 12.1 Å². The lowest BCUT2D eigenvalue weighted by Gasteiger charge is -2.40. The topological polar surface area (TPSA) is 256 Å². The molecule has 2 fully saturated rings. The van der Waals surface area contributed by atoms with Gasteiger partial charge in [-0.25, -0.2) is 4.79 Å². The van der Waals surface area contributed by atoms with E-state index in [-0.39, 0.29) is 0 Å². The first-order valence-corrected chi connectivity index (χ1v) is 10.0. The molecule has 0 radical (unpaired) electrons. The summed E-state index contributed by atoms with van der Waals surface area (Å²) < 4.78 is 20.9. The van der Waals surface area contributed by atoms with Crippen molar-refractivity contribution in [3.63, 3.8) is 0 Å². The third-order valence-corrected chi connectivity index (χ3v) is 5.47. The summed E-state index contributed by atoms with van der Waals surface area (Å²) in [6.07, 6.45) is -17.0. The molecule has 1 aromatic carbocycles. The largest absolute Gasteiger partial charge is 0.502 e. The Morgan fingerprint density at radius 3 is 1.44 bits per heavy atom. The van der Waals surface area contributed by atoms with Crippen LogP contribution in [0.3, 0.4) is 0 Å². The lowest BCUT2D eigenvalue weighted by Crippen LogP contribution is -2.60. The molecule has 2 saturated heterocycles. The number of hydrogen-bond donors (Lipinski definition) is 10. The van der Waals surface area contributed by atoms with Crippen LogP contribution in [0.4, 0.5) is 0 Å². The molecule has 0 aliphatic carbocycles. The molecular formula is C19H26O15. The summed E-state index contributed by atoms with van der Waals surface area (Å²) >= 11 is 0. The van der Waals surface area contributed by atoms with Crippen LogP contribution < -0.4 is 9.47 Å². The lowest BCUT2D eigenvalue weighted by atomic mass is 9.99. The van der Waals surface area contributed by atoms with Gasteiger partial charge in [-0.2, -0.15) is 0 Å². The molecule has 15 heteroatoms. The number of aliphatic hydroxyl groups is 8. The normalized spacial score (nSPS) is 38.4. The third-order valence-electron chi connectivity index (χ3n) is 5.47. The molecule has 2 aliphatic rings. The number of carboxylic acids is 1. The Morgan fingerprint density at radius 2 is 1.12 bits per heavy atom. The molecule has 3 rings (SSSR count). The maximum Gasteiger partial charge on any atom is 0.335 e. The van der Waals surface area contributed by atoms with Crippen LogP contribution in [0.2, 0.25) is 0 Å². The summed E-state index contributed by atoms with van der Waals surface area (Å²) in [6.45, 7) is -1.53. The monoisotopic (exact) mass is 494 g/mol. The molecule has 0 spiro atoms. The minimum atomic E-state index is -1.87. The molecule has 15 nitrogen and oxygen atoms in total. The predicted octanol–water partition coefficient (Wildman–Crippen LogP) is -4.55. The molecule has 1 aromatic rings. The first-order valence-electron chi connectivity index (χ1n) is 10.0. The molecule has 0 aromatic heterocycles. The van der Waals surface area contributed by atoms with Crippen molar-refractivity contribution in [3.05, 3.63) is 17.7 Å². The van der Waals surface area contributed by atoms with E-state index in [0.717, 1.165) is 12.1 Å². The van der Waals surface area contributed by atoms with E-state index in [1.54, 1.807) is 0 Å². The second kappa shape index (κ2) is 10.5. The molecule has 0 bridgehead atoms. The summed E-state index contributed by atoms with van der Waals surface area (Å²) in [5.41, 5.74) is -0.517. The fourth-order valence-corrected chi connectivity index (χ4v) is 3.47. The van der Waals surface area contributed by atoms with Crippen LogP contribution in [-0.2, 0) is 9.47 Å². The van der Waals surface area contributed by atoms with Gasteiger partial charge in [-0.15, -0.1) is 0 Å². The van der Waals surface area contributed by atoms with Gasteiger partial charge in [0, 0.05) is 0 Å². The molecule has 2 aliphatic heterocycles. The number of aromatic carboxylic acids is 1. The Hall–Kier alpha value is -2.31. The second-order valence-corrected chi connectivity index (χ2v) is 7.76. The van der Waals surface area contributed by atoms with Crippen LogP contribution in [0.15, 0.2) is 12.1 Å². The summed E-state index contributed by atoms with van der Waals surface area (Å²) in [5.74, 6) is -3.66. The highest BCUT2D eigenvalue weighted by molar-refractivity contribution is 5.89. The van der Waals surface area contributed by atoms with Gasteiger partial charge in [0.05, 0.1) is 18.8 Å². The van der Waals surface area contributed by atoms with Gasteiger partial charge in [0.25, 0.3) is 0 Å². The van der Waals surface area contributed by atoms with Crippen LogP contribution >= 0.6 is 0 Å². The molecule has 10 N–H and O–H groups in total. The number of rotatable bonds is 7. The van der Waals surface area contributed by atoms with E-state index in [1.807, 2.05) is 0 Å². The molecule has 10 atom stereocenters. The van der Waals surface area contributed by atoms with Crippen molar-refractivity contribution in [3.8, 4) is 17.2 Å². The minimum Gasteiger partial charge on any atom is -0.502 e. The average Bonchev–Trinajstić information content (AvgIpc) is 2.81. The first kappa shape index (κ1) is 26.3. The number of hydrogen-bond acceptors (Lipinski definition) is 14. The van der Waals surface area contributed by atoms with E-state index in [0.29, 0.717) is 0 Å². The van der Waals surface area contributed by atoms with Gasteiger partial charge in [-0.1, -0.05) is 0 Å². The fraction of sp³-hybridized carbons (Fsp3) is 0.632. The van der Waals surface area contributed by atoms with Gasteiger partial charge in [-0.3, -0.25) is 0 Å². The van der Waals surface area contributed by atoms with Crippen molar-refractivity contribution in [1.82, 2.24) is 0 Å². The van der Waals surface area contributed by atoms with Gasteiger partial charge in [0.1, 0.15) is 48.8 Å². The first-order chi connectivity index (χ1) is 16.0.